The van der Waals surface area contributed by atoms with Crippen molar-refractivity contribution < 1.29 is 14.3 Å². The van der Waals surface area contributed by atoms with Crippen LogP contribution < -0.4 is 14.8 Å². The number of anilines is 1. The zero-order chi connectivity index (χ0) is 21.5. The number of amides is 2. The molecule has 30 heavy (non-hydrogen) atoms. The molecule has 2 amide bonds. The van der Waals surface area contributed by atoms with Crippen molar-refractivity contribution in [1.29, 1.82) is 0 Å². The summed E-state index contributed by atoms with van der Waals surface area (Å²) in [6.07, 6.45) is 2.67. The molecule has 3 rings (SSSR count). The molecule has 162 valence electrons. The van der Waals surface area contributed by atoms with E-state index in [-0.39, 0.29) is 12.1 Å². The molecule has 1 N–H and O–H groups in total. The third kappa shape index (κ3) is 5.80. The molecule has 0 spiro atoms. The highest BCUT2D eigenvalue weighted by molar-refractivity contribution is 6.30. The summed E-state index contributed by atoms with van der Waals surface area (Å²) >= 11 is 5.96. The molecule has 0 aliphatic carbocycles. The second-order valence-corrected chi connectivity index (χ2v) is 8.04. The molecule has 1 saturated heterocycles. The Morgan fingerprint density at radius 1 is 1.10 bits per heavy atom. The molecule has 0 atom stereocenters. The summed E-state index contributed by atoms with van der Waals surface area (Å²) in [4.78, 5) is 17.4. The highest BCUT2D eigenvalue weighted by Gasteiger charge is 2.27. The quantitative estimate of drug-likeness (QED) is 0.699. The number of carbonyl (C=O) groups is 1. The van der Waals surface area contributed by atoms with Crippen molar-refractivity contribution >= 4 is 23.3 Å². The highest BCUT2D eigenvalue weighted by Crippen LogP contribution is 2.28. The van der Waals surface area contributed by atoms with E-state index in [1.165, 1.54) is 0 Å². The Bertz CT molecular complexity index is 836. The first-order valence-corrected chi connectivity index (χ1v) is 10.6. The van der Waals surface area contributed by atoms with Crippen LogP contribution in [0.25, 0.3) is 0 Å². The number of nitrogens with zero attached hydrogens (tertiary/aromatic N) is 2. The van der Waals surface area contributed by atoms with Gasteiger partial charge in [0.15, 0.2) is 11.5 Å². The van der Waals surface area contributed by atoms with E-state index in [0.717, 1.165) is 43.6 Å². The third-order valence-electron chi connectivity index (χ3n) is 5.57. The van der Waals surface area contributed by atoms with Gasteiger partial charge in [0.1, 0.15) is 0 Å². The maximum atomic E-state index is 13.1. The first-order valence-electron chi connectivity index (χ1n) is 10.2. The summed E-state index contributed by atoms with van der Waals surface area (Å²) in [6, 6.07) is 13.2. The normalized spacial score (nSPS) is 14.9. The Balaban J connectivity index is 1.72. The van der Waals surface area contributed by atoms with Crippen molar-refractivity contribution in [2.45, 2.75) is 25.3 Å². The third-order valence-corrected chi connectivity index (χ3v) is 5.83. The Hall–Kier alpha value is -2.44. The van der Waals surface area contributed by atoms with Crippen LogP contribution in [-0.2, 0) is 6.42 Å². The first-order chi connectivity index (χ1) is 14.5. The second-order valence-electron chi connectivity index (χ2n) is 7.60. The Labute approximate surface area is 183 Å². The molecule has 1 fully saturated rings. The fourth-order valence-electron chi connectivity index (χ4n) is 3.77. The van der Waals surface area contributed by atoms with Crippen molar-refractivity contribution in [3.63, 3.8) is 0 Å². The monoisotopic (exact) mass is 431 g/mol. The predicted molar refractivity (Wildman–Crippen MR) is 121 cm³/mol. The Morgan fingerprint density at radius 3 is 2.40 bits per heavy atom. The van der Waals surface area contributed by atoms with Crippen LogP contribution in [-0.4, -0.2) is 62.8 Å². The molecule has 1 aliphatic rings. The van der Waals surface area contributed by atoms with Gasteiger partial charge in [-0.2, -0.15) is 0 Å². The van der Waals surface area contributed by atoms with Gasteiger partial charge in [-0.3, -0.25) is 0 Å². The minimum absolute atomic E-state index is 0.0765. The molecule has 2 aromatic carbocycles. The molecule has 1 heterocycles. The highest BCUT2D eigenvalue weighted by atomic mass is 35.5. The van der Waals surface area contributed by atoms with Gasteiger partial charge in [0.2, 0.25) is 0 Å². The first kappa shape index (κ1) is 22.2. The largest absolute Gasteiger partial charge is 0.493 e. The average molecular weight is 432 g/mol. The van der Waals surface area contributed by atoms with Crippen LogP contribution in [0.1, 0.15) is 18.4 Å². The van der Waals surface area contributed by atoms with Crippen LogP contribution in [0.15, 0.2) is 42.5 Å². The van der Waals surface area contributed by atoms with Crippen LogP contribution in [0.5, 0.6) is 11.5 Å². The zero-order valence-corrected chi connectivity index (χ0v) is 18.6. The van der Waals surface area contributed by atoms with E-state index >= 15 is 0 Å². The van der Waals surface area contributed by atoms with Crippen molar-refractivity contribution in [2.24, 2.45) is 0 Å². The lowest BCUT2D eigenvalue weighted by atomic mass is 10.0. The average Bonchev–Trinajstić information content (AvgIpc) is 2.76. The minimum Gasteiger partial charge on any atom is -0.493 e. The maximum Gasteiger partial charge on any atom is 0.322 e. The fraction of sp³-hybridized carbons (Fsp3) is 0.435. The molecule has 6 nitrogen and oxygen atoms in total. The second kappa shape index (κ2) is 10.5. The molecule has 0 radical (unpaired) electrons. The molecule has 7 heteroatoms. The molecule has 0 saturated carbocycles. The van der Waals surface area contributed by atoms with E-state index in [9.17, 15) is 4.79 Å². The number of urea groups is 1. The van der Waals surface area contributed by atoms with Crippen LogP contribution in [0.4, 0.5) is 10.5 Å². The van der Waals surface area contributed by atoms with Crippen molar-refractivity contribution in [2.75, 3.05) is 46.2 Å². The number of ether oxygens (including phenoxy) is 2. The lowest BCUT2D eigenvalue weighted by Gasteiger charge is -2.37. The summed E-state index contributed by atoms with van der Waals surface area (Å²) in [5.74, 6) is 1.40. The SMILES string of the molecule is COc1ccc(CCN(C(=O)Nc2ccc(Cl)cc2)C2CCN(C)CC2)cc1OC. The van der Waals surface area contributed by atoms with Gasteiger partial charge < -0.3 is 24.6 Å². The fourth-order valence-corrected chi connectivity index (χ4v) is 3.90. The zero-order valence-electron chi connectivity index (χ0n) is 17.9. The molecular formula is C23H30ClN3O3. The standard InChI is InChI=1S/C23H30ClN3O3/c1-26-13-11-20(12-14-26)27(23(28)25-19-7-5-18(24)6-8-19)15-10-17-4-9-21(29-2)22(16-17)30-3/h4-9,16,20H,10-15H2,1-3H3,(H,25,28). The van der Waals surface area contributed by atoms with E-state index in [2.05, 4.69) is 17.3 Å². The van der Waals surface area contributed by atoms with E-state index in [0.29, 0.717) is 23.1 Å². The van der Waals surface area contributed by atoms with E-state index < -0.39 is 0 Å². The van der Waals surface area contributed by atoms with Gasteiger partial charge in [-0.05, 0) is 81.4 Å². The van der Waals surface area contributed by atoms with Gasteiger partial charge in [0.25, 0.3) is 0 Å². The predicted octanol–water partition coefficient (Wildman–Crippen LogP) is 4.53. The van der Waals surface area contributed by atoms with Crippen LogP contribution in [0.3, 0.4) is 0 Å². The molecular weight excluding hydrogens is 402 g/mol. The van der Waals surface area contributed by atoms with Crippen molar-refractivity contribution in [3.8, 4) is 11.5 Å². The number of halogens is 1. The summed E-state index contributed by atoms with van der Waals surface area (Å²) in [5, 5.41) is 3.67. The molecule has 2 aromatic rings. The van der Waals surface area contributed by atoms with Crippen LogP contribution >= 0.6 is 11.6 Å². The Morgan fingerprint density at radius 2 is 1.77 bits per heavy atom. The topological polar surface area (TPSA) is 54.0 Å². The maximum absolute atomic E-state index is 13.1. The minimum atomic E-state index is -0.0765. The van der Waals surface area contributed by atoms with Crippen LogP contribution in [0.2, 0.25) is 5.02 Å². The van der Waals surface area contributed by atoms with Gasteiger partial charge in [-0.1, -0.05) is 17.7 Å². The summed E-state index contributed by atoms with van der Waals surface area (Å²) < 4.78 is 10.7. The van der Waals surface area contributed by atoms with Gasteiger partial charge in [0, 0.05) is 23.3 Å². The number of methoxy groups -OCH3 is 2. The number of hydrogen-bond acceptors (Lipinski definition) is 4. The Kier molecular flexibility index (Phi) is 7.82. The van der Waals surface area contributed by atoms with Gasteiger partial charge in [-0.25, -0.2) is 4.79 Å². The molecule has 0 unspecified atom stereocenters. The smallest absolute Gasteiger partial charge is 0.322 e. The van der Waals surface area contributed by atoms with Crippen LogP contribution in [0, 0.1) is 0 Å². The number of benzene rings is 2. The number of carbonyl (C=O) groups excluding carboxylic acids is 1. The lowest BCUT2D eigenvalue weighted by Crippen LogP contribution is -2.48. The van der Waals surface area contributed by atoms with Gasteiger partial charge in [0.05, 0.1) is 14.2 Å². The number of hydrogen-bond donors (Lipinski definition) is 1. The van der Waals surface area contributed by atoms with E-state index in [4.69, 9.17) is 21.1 Å². The number of nitrogens with one attached hydrogen (secondary N) is 1. The van der Waals surface area contributed by atoms with Gasteiger partial charge in [-0.15, -0.1) is 0 Å². The van der Waals surface area contributed by atoms with Gasteiger partial charge >= 0.3 is 6.03 Å². The number of likely N-dealkylation sites (tertiary alicyclic amines) is 1. The summed E-state index contributed by atoms with van der Waals surface area (Å²) in [5.41, 5.74) is 1.85. The summed E-state index contributed by atoms with van der Waals surface area (Å²) in [7, 11) is 5.38. The number of piperidine rings is 1. The molecule has 1 aliphatic heterocycles. The van der Waals surface area contributed by atoms with Crippen molar-refractivity contribution in [1.82, 2.24) is 9.80 Å². The summed E-state index contributed by atoms with van der Waals surface area (Å²) in [6.45, 7) is 2.61. The lowest BCUT2D eigenvalue weighted by molar-refractivity contribution is 0.140. The van der Waals surface area contributed by atoms with E-state index in [1.807, 2.05) is 35.2 Å². The molecule has 0 bridgehead atoms. The van der Waals surface area contributed by atoms with Crippen molar-refractivity contribution in [3.05, 3.63) is 53.1 Å². The molecule has 0 aromatic heterocycles. The number of rotatable bonds is 7. The van der Waals surface area contributed by atoms with E-state index in [1.54, 1.807) is 26.4 Å².